The van der Waals surface area contributed by atoms with Crippen LogP contribution >= 0.6 is 15.9 Å². The highest BCUT2D eigenvalue weighted by atomic mass is 79.9. The molecule has 0 saturated carbocycles. The number of benzene rings is 1. The second-order valence-corrected chi connectivity index (χ2v) is 7.18. The van der Waals surface area contributed by atoms with E-state index in [2.05, 4.69) is 36.1 Å². The van der Waals surface area contributed by atoms with Gasteiger partial charge in [-0.05, 0) is 35.0 Å². The van der Waals surface area contributed by atoms with E-state index in [1.165, 1.54) is 35.1 Å². The Morgan fingerprint density at radius 1 is 1.16 bits per heavy atom. The van der Waals surface area contributed by atoms with E-state index in [1.54, 1.807) is 6.92 Å². The van der Waals surface area contributed by atoms with Gasteiger partial charge in [-0.15, -0.1) is 0 Å². The van der Waals surface area contributed by atoms with E-state index in [1.807, 2.05) is 0 Å². The predicted octanol–water partition coefficient (Wildman–Crippen LogP) is 3.29. The second-order valence-electron chi connectivity index (χ2n) is 6.32. The summed E-state index contributed by atoms with van der Waals surface area (Å²) in [5, 5.41) is 8.30. The average Bonchev–Trinajstić information content (AvgIpc) is 3.39. The molecular weight excluding hydrogens is 478 g/mol. The summed E-state index contributed by atoms with van der Waals surface area (Å²) < 4.78 is 41.2. The topological polar surface area (TPSA) is 97.0 Å². The van der Waals surface area contributed by atoms with Gasteiger partial charge in [0.2, 0.25) is 5.88 Å². The van der Waals surface area contributed by atoms with Gasteiger partial charge >= 0.3 is 5.97 Å². The molecule has 0 N–H and O–H groups in total. The molecule has 12 heteroatoms. The number of carbonyl (C=O) groups excluding carboxylic acids is 1. The van der Waals surface area contributed by atoms with Crippen molar-refractivity contribution >= 4 is 32.9 Å². The smallest absolute Gasteiger partial charge is 0.341 e. The van der Waals surface area contributed by atoms with E-state index in [0.717, 1.165) is 12.1 Å². The molecule has 0 bridgehead atoms. The zero-order valence-electron chi connectivity index (χ0n) is 16.3. The van der Waals surface area contributed by atoms with Crippen molar-refractivity contribution in [1.82, 2.24) is 29.5 Å². The first-order valence-electron chi connectivity index (χ1n) is 9.04. The zero-order chi connectivity index (χ0) is 22.1. The van der Waals surface area contributed by atoms with Crippen LogP contribution < -0.4 is 4.74 Å². The Morgan fingerprint density at radius 3 is 2.71 bits per heavy atom. The lowest BCUT2D eigenvalue weighted by Gasteiger charge is -2.09. The Hall–Kier alpha value is -3.41. The number of hydrogen-bond donors (Lipinski definition) is 0. The summed E-state index contributed by atoms with van der Waals surface area (Å²) in [4.78, 5) is 20.6. The highest BCUT2D eigenvalue weighted by Crippen LogP contribution is 2.26. The summed E-state index contributed by atoms with van der Waals surface area (Å²) in [6, 6.07) is 2.15. The fraction of sp³-hybridized carbons (Fsp3) is 0.211. The number of carbonyl (C=O) groups is 1. The molecule has 31 heavy (non-hydrogen) atoms. The minimum absolute atomic E-state index is 0.0334. The van der Waals surface area contributed by atoms with Crippen LogP contribution in [0.2, 0.25) is 0 Å². The van der Waals surface area contributed by atoms with Gasteiger partial charge in [-0.25, -0.2) is 23.2 Å². The first-order valence-corrected chi connectivity index (χ1v) is 9.83. The molecule has 4 rings (SSSR count). The maximum absolute atomic E-state index is 14.3. The van der Waals surface area contributed by atoms with Crippen molar-refractivity contribution < 1.29 is 23.0 Å². The minimum atomic E-state index is -0.588. The summed E-state index contributed by atoms with van der Waals surface area (Å²) in [6.45, 7) is 1.88. The fourth-order valence-electron chi connectivity index (χ4n) is 2.92. The molecule has 0 aliphatic carbocycles. The van der Waals surface area contributed by atoms with Crippen LogP contribution in [-0.2, 0) is 11.3 Å². The van der Waals surface area contributed by atoms with Crippen molar-refractivity contribution in [2.75, 3.05) is 13.7 Å². The first kappa shape index (κ1) is 20.8. The van der Waals surface area contributed by atoms with Crippen molar-refractivity contribution in [1.29, 1.82) is 0 Å². The lowest BCUT2D eigenvalue weighted by Crippen LogP contribution is -2.08. The lowest BCUT2D eigenvalue weighted by atomic mass is 10.2. The summed E-state index contributed by atoms with van der Waals surface area (Å²) in [5.41, 5.74) is 1.13. The molecule has 0 amide bonds. The molecule has 4 aromatic rings. The van der Waals surface area contributed by atoms with E-state index in [-0.39, 0.29) is 40.6 Å². The number of nitrogens with zero attached hydrogens (tertiary/aromatic N) is 6. The molecule has 0 radical (unpaired) electrons. The van der Waals surface area contributed by atoms with Gasteiger partial charge in [0.1, 0.15) is 22.7 Å². The summed E-state index contributed by atoms with van der Waals surface area (Å²) in [5.74, 6) is -1.40. The fourth-order valence-corrected chi connectivity index (χ4v) is 3.23. The summed E-state index contributed by atoms with van der Waals surface area (Å²) >= 11 is 2.96. The van der Waals surface area contributed by atoms with Crippen LogP contribution in [0.15, 0.2) is 35.2 Å². The van der Waals surface area contributed by atoms with E-state index >= 15 is 0 Å². The molecule has 3 heterocycles. The van der Waals surface area contributed by atoms with Crippen LogP contribution in [0.5, 0.6) is 5.88 Å². The van der Waals surface area contributed by atoms with Gasteiger partial charge in [-0.2, -0.15) is 15.2 Å². The Morgan fingerprint density at radius 2 is 1.97 bits per heavy atom. The van der Waals surface area contributed by atoms with Gasteiger partial charge in [0.15, 0.2) is 0 Å². The van der Waals surface area contributed by atoms with Gasteiger partial charge in [0, 0.05) is 11.8 Å². The first-order chi connectivity index (χ1) is 14.9. The molecule has 0 atom stereocenters. The highest BCUT2D eigenvalue weighted by molar-refractivity contribution is 9.10. The molecule has 0 aliphatic heterocycles. The lowest BCUT2D eigenvalue weighted by molar-refractivity contribution is 0.0526. The van der Waals surface area contributed by atoms with Crippen molar-refractivity contribution in [3.63, 3.8) is 0 Å². The number of ether oxygens (including phenoxy) is 2. The van der Waals surface area contributed by atoms with Gasteiger partial charge in [-0.3, -0.25) is 4.68 Å². The van der Waals surface area contributed by atoms with E-state index in [9.17, 15) is 13.6 Å². The van der Waals surface area contributed by atoms with E-state index in [4.69, 9.17) is 9.47 Å². The van der Waals surface area contributed by atoms with Gasteiger partial charge in [0.25, 0.3) is 5.95 Å². The highest BCUT2D eigenvalue weighted by Gasteiger charge is 2.19. The third-order valence-corrected chi connectivity index (χ3v) is 4.95. The number of esters is 1. The van der Waals surface area contributed by atoms with E-state index in [0.29, 0.717) is 11.0 Å². The molecule has 9 nitrogen and oxygen atoms in total. The number of fused-ring (bicyclic) bond motifs is 1. The Labute approximate surface area is 182 Å². The van der Waals surface area contributed by atoms with E-state index < -0.39 is 17.6 Å². The largest absolute Gasteiger partial charge is 0.479 e. The molecular formula is C19H15BrF2N6O3. The van der Waals surface area contributed by atoms with Crippen molar-refractivity contribution in [2.24, 2.45) is 0 Å². The van der Waals surface area contributed by atoms with Gasteiger partial charge in [-0.1, -0.05) is 0 Å². The zero-order valence-corrected chi connectivity index (χ0v) is 17.9. The van der Waals surface area contributed by atoms with Crippen molar-refractivity contribution in [3.05, 3.63) is 58.0 Å². The number of rotatable bonds is 6. The Bertz CT molecular complexity index is 1290. The van der Waals surface area contributed by atoms with Crippen molar-refractivity contribution in [2.45, 2.75) is 13.5 Å². The molecule has 0 aliphatic rings. The van der Waals surface area contributed by atoms with Gasteiger partial charge < -0.3 is 9.47 Å². The Balaban J connectivity index is 1.73. The number of halogens is 3. The van der Waals surface area contributed by atoms with Crippen molar-refractivity contribution in [3.8, 4) is 11.8 Å². The predicted molar refractivity (Wildman–Crippen MR) is 108 cm³/mol. The van der Waals surface area contributed by atoms with Crippen LogP contribution in [0.1, 0.15) is 22.8 Å². The van der Waals surface area contributed by atoms with Crippen LogP contribution in [0.4, 0.5) is 8.78 Å². The second kappa shape index (κ2) is 8.38. The summed E-state index contributed by atoms with van der Waals surface area (Å²) in [7, 11) is 1.41. The standard InChI is InChI=1S/C19H15BrF2N6O3/c1-3-31-18(29)11-6-23-28(9-11)19-25-15-7-24-27(16(15)17(26-19)30-2)8-10-4-14(22)12(20)5-13(10)21/h4-7,9H,3,8H2,1-2H3. The quantitative estimate of drug-likeness (QED) is 0.301. The summed E-state index contributed by atoms with van der Waals surface area (Å²) in [6.07, 6.45) is 4.22. The van der Waals surface area contributed by atoms with Crippen LogP contribution in [0.25, 0.3) is 17.0 Å². The molecule has 160 valence electrons. The van der Waals surface area contributed by atoms with Gasteiger partial charge in [0.05, 0.1) is 42.7 Å². The monoisotopic (exact) mass is 492 g/mol. The third-order valence-electron chi connectivity index (χ3n) is 4.35. The maximum atomic E-state index is 14.3. The number of hydrogen-bond acceptors (Lipinski definition) is 7. The maximum Gasteiger partial charge on any atom is 0.341 e. The molecule has 0 unspecified atom stereocenters. The normalized spacial score (nSPS) is 11.1. The minimum Gasteiger partial charge on any atom is -0.479 e. The average molecular weight is 493 g/mol. The number of aromatic nitrogens is 6. The molecule has 0 saturated heterocycles. The SMILES string of the molecule is CCOC(=O)c1cnn(-c2nc(OC)c3c(cnn3Cc3cc(F)c(Br)cc3F)n2)c1. The van der Waals surface area contributed by atoms with Crippen LogP contribution in [0, 0.1) is 11.6 Å². The van der Waals surface area contributed by atoms with Crippen LogP contribution in [-0.4, -0.2) is 49.2 Å². The molecule has 0 spiro atoms. The molecule has 0 fully saturated rings. The van der Waals surface area contributed by atoms with Crippen LogP contribution in [0.3, 0.4) is 0 Å². The molecule has 1 aromatic carbocycles. The number of methoxy groups -OCH3 is 1. The molecule has 3 aromatic heterocycles. The Kier molecular flexibility index (Phi) is 5.63. The third kappa shape index (κ3) is 3.98.